The molecule has 2 bridgehead atoms. The molecule has 3 nitrogen and oxygen atoms in total. The molecular weight excluding hydrogens is 192 g/mol. The van der Waals surface area contributed by atoms with Crippen LogP contribution in [0.1, 0.15) is 38.5 Å². The lowest BCUT2D eigenvalue weighted by atomic mass is 9.85. The van der Waals surface area contributed by atoms with Gasteiger partial charge in [-0.05, 0) is 37.0 Å². The van der Waals surface area contributed by atoms with Crippen LogP contribution in [-0.4, -0.2) is 18.9 Å². The Labute approximate surface area is 90.2 Å². The molecule has 2 saturated carbocycles. The Bertz CT molecular complexity index is 272. The van der Waals surface area contributed by atoms with Crippen molar-refractivity contribution in [3.63, 3.8) is 0 Å². The van der Waals surface area contributed by atoms with E-state index >= 15 is 0 Å². The molecule has 0 saturated heterocycles. The standard InChI is InChI=1S/C12H18O3/c1-15-12(14)7-11(13)6-10-5-8-2-3-9(10)4-8/h8-10H,2-7H2,1H3/t8?,9-,10?/m0/s1. The number of ether oxygens (including phenoxy) is 1. The lowest BCUT2D eigenvalue weighted by Crippen LogP contribution is -2.17. The van der Waals surface area contributed by atoms with E-state index in [0.29, 0.717) is 12.3 Å². The highest BCUT2D eigenvalue weighted by atomic mass is 16.5. The summed E-state index contributed by atoms with van der Waals surface area (Å²) in [6.07, 6.45) is 5.72. The first-order valence-electron chi connectivity index (χ1n) is 5.77. The van der Waals surface area contributed by atoms with Crippen LogP contribution in [0, 0.1) is 17.8 Å². The molecule has 0 radical (unpaired) electrons. The first-order valence-corrected chi connectivity index (χ1v) is 5.77. The molecule has 15 heavy (non-hydrogen) atoms. The Balaban J connectivity index is 1.77. The smallest absolute Gasteiger partial charge is 0.313 e. The molecule has 2 fully saturated rings. The van der Waals surface area contributed by atoms with Crippen LogP contribution in [-0.2, 0) is 14.3 Å². The van der Waals surface area contributed by atoms with Gasteiger partial charge < -0.3 is 4.74 Å². The van der Waals surface area contributed by atoms with Gasteiger partial charge >= 0.3 is 5.97 Å². The second-order valence-electron chi connectivity index (χ2n) is 4.93. The van der Waals surface area contributed by atoms with Gasteiger partial charge in [0.2, 0.25) is 0 Å². The highest BCUT2D eigenvalue weighted by Crippen LogP contribution is 2.49. The average Bonchev–Trinajstić information content (AvgIpc) is 2.78. The number of hydrogen-bond donors (Lipinski definition) is 0. The predicted octanol–water partition coefficient (Wildman–Crippen LogP) is 1.94. The van der Waals surface area contributed by atoms with Gasteiger partial charge in [-0.2, -0.15) is 0 Å². The van der Waals surface area contributed by atoms with Gasteiger partial charge in [0.25, 0.3) is 0 Å². The Morgan fingerprint density at radius 1 is 1.27 bits per heavy atom. The Kier molecular flexibility index (Phi) is 3.08. The van der Waals surface area contributed by atoms with Gasteiger partial charge in [0.05, 0.1) is 7.11 Å². The van der Waals surface area contributed by atoms with Gasteiger partial charge in [-0.15, -0.1) is 0 Å². The first-order chi connectivity index (χ1) is 7.19. The second-order valence-corrected chi connectivity index (χ2v) is 4.93. The van der Waals surface area contributed by atoms with Gasteiger partial charge in [0, 0.05) is 6.42 Å². The molecule has 0 amide bonds. The van der Waals surface area contributed by atoms with E-state index in [1.807, 2.05) is 0 Å². The summed E-state index contributed by atoms with van der Waals surface area (Å²) < 4.78 is 4.49. The largest absolute Gasteiger partial charge is 0.469 e. The number of carbonyl (C=O) groups excluding carboxylic acids is 2. The van der Waals surface area contributed by atoms with Crippen LogP contribution in [0.2, 0.25) is 0 Å². The summed E-state index contributed by atoms with van der Waals surface area (Å²) in [7, 11) is 1.33. The quantitative estimate of drug-likeness (QED) is 0.526. The first kappa shape index (κ1) is 10.7. The van der Waals surface area contributed by atoms with E-state index in [2.05, 4.69) is 4.74 Å². The molecule has 3 heteroatoms. The minimum atomic E-state index is -0.400. The van der Waals surface area contributed by atoms with Crippen molar-refractivity contribution in [3.8, 4) is 0 Å². The predicted molar refractivity (Wildman–Crippen MR) is 55.2 cm³/mol. The molecule has 0 aromatic rings. The molecule has 84 valence electrons. The van der Waals surface area contributed by atoms with Gasteiger partial charge in [0.1, 0.15) is 12.2 Å². The normalized spacial score (nSPS) is 33.0. The highest BCUT2D eigenvalue weighted by molar-refractivity contribution is 5.95. The van der Waals surface area contributed by atoms with Gasteiger partial charge in [-0.3, -0.25) is 9.59 Å². The third-order valence-electron chi connectivity index (χ3n) is 3.94. The van der Waals surface area contributed by atoms with E-state index < -0.39 is 5.97 Å². The number of Topliss-reactive ketones (excluding diaryl/α,β-unsaturated/α-hetero) is 1. The number of carbonyl (C=O) groups is 2. The molecule has 0 N–H and O–H groups in total. The zero-order valence-corrected chi connectivity index (χ0v) is 9.20. The maximum Gasteiger partial charge on any atom is 0.313 e. The summed E-state index contributed by atoms with van der Waals surface area (Å²) in [5.41, 5.74) is 0. The maximum atomic E-state index is 11.5. The van der Waals surface area contributed by atoms with Crippen LogP contribution in [0.25, 0.3) is 0 Å². The maximum absolute atomic E-state index is 11.5. The van der Waals surface area contributed by atoms with Crippen molar-refractivity contribution in [1.82, 2.24) is 0 Å². The zero-order chi connectivity index (χ0) is 10.8. The monoisotopic (exact) mass is 210 g/mol. The van der Waals surface area contributed by atoms with E-state index in [1.54, 1.807) is 0 Å². The number of esters is 1. The number of hydrogen-bond acceptors (Lipinski definition) is 3. The molecule has 2 unspecified atom stereocenters. The summed E-state index contributed by atoms with van der Waals surface area (Å²) in [4.78, 5) is 22.5. The van der Waals surface area contributed by atoms with Crippen molar-refractivity contribution in [3.05, 3.63) is 0 Å². The fourth-order valence-corrected chi connectivity index (χ4v) is 3.22. The van der Waals surface area contributed by atoms with Crippen molar-refractivity contribution in [2.75, 3.05) is 7.11 Å². The summed E-state index contributed by atoms with van der Waals surface area (Å²) in [6.45, 7) is 0. The lowest BCUT2D eigenvalue weighted by Gasteiger charge is -2.20. The van der Waals surface area contributed by atoms with E-state index in [0.717, 1.165) is 11.8 Å². The Morgan fingerprint density at radius 2 is 2.07 bits per heavy atom. The van der Waals surface area contributed by atoms with E-state index in [-0.39, 0.29) is 12.2 Å². The molecule has 0 heterocycles. The number of ketones is 1. The fourth-order valence-electron chi connectivity index (χ4n) is 3.22. The van der Waals surface area contributed by atoms with Crippen LogP contribution in [0.4, 0.5) is 0 Å². The van der Waals surface area contributed by atoms with Crippen molar-refractivity contribution in [1.29, 1.82) is 0 Å². The number of rotatable bonds is 4. The van der Waals surface area contributed by atoms with Crippen molar-refractivity contribution >= 4 is 11.8 Å². The van der Waals surface area contributed by atoms with Gasteiger partial charge in [-0.1, -0.05) is 6.42 Å². The van der Waals surface area contributed by atoms with Gasteiger partial charge in [-0.25, -0.2) is 0 Å². The second kappa shape index (κ2) is 4.33. The van der Waals surface area contributed by atoms with Crippen LogP contribution >= 0.6 is 0 Å². The number of fused-ring (bicyclic) bond motifs is 2. The third kappa shape index (κ3) is 2.39. The Morgan fingerprint density at radius 3 is 2.60 bits per heavy atom. The minimum absolute atomic E-state index is 0.0373. The van der Waals surface area contributed by atoms with Crippen molar-refractivity contribution in [2.24, 2.45) is 17.8 Å². The summed E-state index contributed by atoms with van der Waals surface area (Å²) in [5, 5.41) is 0. The number of methoxy groups -OCH3 is 1. The van der Waals surface area contributed by atoms with Crippen molar-refractivity contribution < 1.29 is 14.3 Å². The van der Waals surface area contributed by atoms with E-state index in [4.69, 9.17) is 0 Å². The molecule has 0 aromatic heterocycles. The molecule has 3 atom stereocenters. The van der Waals surface area contributed by atoms with Crippen LogP contribution in [0.15, 0.2) is 0 Å². The van der Waals surface area contributed by atoms with Gasteiger partial charge in [0.15, 0.2) is 0 Å². The average molecular weight is 210 g/mol. The van der Waals surface area contributed by atoms with E-state index in [9.17, 15) is 9.59 Å². The van der Waals surface area contributed by atoms with Crippen LogP contribution in [0.5, 0.6) is 0 Å². The fraction of sp³-hybridized carbons (Fsp3) is 0.833. The summed E-state index contributed by atoms with van der Waals surface area (Å²) in [5.74, 6) is 1.84. The summed E-state index contributed by atoms with van der Waals surface area (Å²) in [6, 6.07) is 0. The SMILES string of the molecule is COC(=O)CC(=O)CC1CC2CC[C@H]1C2. The molecule has 2 aliphatic rings. The molecule has 0 spiro atoms. The summed E-state index contributed by atoms with van der Waals surface area (Å²) >= 11 is 0. The van der Waals surface area contributed by atoms with E-state index in [1.165, 1.54) is 32.8 Å². The Hall–Kier alpha value is -0.860. The van der Waals surface area contributed by atoms with Crippen LogP contribution in [0.3, 0.4) is 0 Å². The third-order valence-corrected chi connectivity index (χ3v) is 3.94. The van der Waals surface area contributed by atoms with Crippen LogP contribution < -0.4 is 0 Å². The molecule has 2 aliphatic carbocycles. The topological polar surface area (TPSA) is 43.4 Å². The minimum Gasteiger partial charge on any atom is -0.469 e. The zero-order valence-electron chi connectivity index (χ0n) is 9.20. The lowest BCUT2D eigenvalue weighted by molar-refractivity contribution is -0.143. The highest BCUT2D eigenvalue weighted by Gasteiger charge is 2.40. The molecule has 0 aliphatic heterocycles. The molecular formula is C12H18O3. The molecule has 0 aromatic carbocycles. The molecule has 2 rings (SSSR count). The van der Waals surface area contributed by atoms with Crippen molar-refractivity contribution in [2.45, 2.75) is 38.5 Å².